The first-order chi connectivity index (χ1) is 8.25. The first-order valence-electron chi connectivity index (χ1n) is 6.25. The molecule has 2 unspecified atom stereocenters. The van der Waals surface area contributed by atoms with E-state index in [4.69, 9.17) is 10.5 Å². The van der Waals surface area contributed by atoms with Gasteiger partial charge in [0, 0.05) is 24.4 Å². The fourth-order valence-electron chi connectivity index (χ4n) is 2.53. The van der Waals surface area contributed by atoms with Crippen molar-refractivity contribution in [1.29, 1.82) is 0 Å². The van der Waals surface area contributed by atoms with E-state index in [9.17, 15) is 0 Å². The molecule has 1 aromatic heterocycles. The van der Waals surface area contributed by atoms with Crippen molar-refractivity contribution in [3.8, 4) is 5.88 Å². The van der Waals surface area contributed by atoms with Crippen molar-refractivity contribution in [3.05, 3.63) is 17.1 Å². The molecule has 0 bridgehead atoms. The summed E-state index contributed by atoms with van der Waals surface area (Å²) in [6, 6.07) is -0.141. The molecule has 2 aliphatic heterocycles. The first kappa shape index (κ1) is 10.9. The van der Waals surface area contributed by atoms with Crippen LogP contribution in [0.4, 0.5) is 0 Å². The molecule has 3 heterocycles. The number of rotatable bonds is 2. The van der Waals surface area contributed by atoms with E-state index in [2.05, 4.69) is 15.3 Å². The van der Waals surface area contributed by atoms with Crippen LogP contribution in [-0.2, 0) is 6.42 Å². The number of nitrogens with zero attached hydrogens (tertiary/aromatic N) is 2. The summed E-state index contributed by atoms with van der Waals surface area (Å²) < 4.78 is 5.56. The number of ether oxygens (including phenoxy) is 1. The lowest BCUT2D eigenvalue weighted by molar-refractivity contribution is 0.342. The van der Waals surface area contributed by atoms with Crippen molar-refractivity contribution in [3.63, 3.8) is 0 Å². The summed E-state index contributed by atoms with van der Waals surface area (Å²) in [6.45, 7) is 4.70. The van der Waals surface area contributed by atoms with E-state index in [0.717, 1.165) is 44.1 Å². The SMILES string of the molecule is CC(N)c1nc2c(c(C3CCNC3)n1)CCO2. The molecule has 3 N–H and O–H groups in total. The smallest absolute Gasteiger partial charge is 0.220 e. The standard InChI is InChI=1S/C12H18N4O/c1-7(13)11-15-10(8-2-4-14-6-8)9-3-5-17-12(9)16-11/h7-8,14H,2-6,13H2,1H3. The van der Waals surface area contributed by atoms with Gasteiger partial charge >= 0.3 is 0 Å². The molecular weight excluding hydrogens is 216 g/mol. The van der Waals surface area contributed by atoms with Crippen LogP contribution in [0.5, 0.6) is 5.88 Å². The second-order valence-corrected chi connectivity index (χ2v) is 4.83. The lowest BCUT2D eigenvalue weighted by atomic mass is 9.99. The monoisotopic (exact) mass is 234 g/mol. The van der Waals surface area contributed by atoms with Crippen molar-refractivity contribution in [2.45, 2.75) is 31.7 Å². The van der Waals surface area contributed by atoms with E-state index in [1.54, 1.807) is 0 Å². The Morgan fingerprint density at radius 3 is 3.06 bits per heavy atom. The van der Waals surface area contributed by atoms with Gasteiger partial charge in [0.15, 0.2) is 0 Å². The number of aromatic nitrogens is 2. The number of hydrogen-bond donors (Lipinski definition) is 2. The van der Waals surface area contributed by atoms with Crippen LogP contribution in [0.2, 0.25) is 0 Å². The maximum atomic E-state index is 5.88. The summed E-state index contributed by atoms with van der Waals surface area (Å²) in [6.07, 6.45) is 2.07. The van der Waals surface area contributed by atoms with Crippen LogP contribution < -0.4 is 15.8 Å². The predicted octanol–water partition coefficient (Wildman–Crippen LogP) is 0.508. The molecular formula is C12H18N4O. The van der Waals surface area contributed by atoms with Gasteiger partial charge in [-0.1, -0.05) is 0 Å². The van der Waals surface area contributed by atoms with E-state index < -0.39 is 0 Å². The molecule has 0 spiro atoms. The molecule has 0 radical (unpaired) electrons. The summed E-state index contributed by atoms with van der Waals surface area (Å²) in [5.74, 6) is 1.95. The van der Waals surface area contributed by atoms with Gasteiger partial charge in [0.1, 0.15) is 5.82 Å². The Kier molecular flexibility index (Phi) is 2.72. The highest BCUT2D eigenvalue weighted by molar-refractivity contribution is 5.37. The van der Waals surface area contributed by atoms with Gasteiger partial charge in [-0.15, -0.1) is 0 Å². The number of nitrogens with one attached hydrogen (secondary N) is 1. The number of nitrogens with two attached hydrogens (primary N) is 1. The number of fused-ring (bicyclic) bond motifs is 1. The van der Waals surface area contributed by atoms with Crippen LogP contribution in [0.15, 0.2) is 0 Å². The molecule has 0 amide bonds. The summed E-state index contributed by atoms with van der Waals surface area (Å²) in [7, 11) is 0. The van der Waals surface area contributed by atoms with Crippen LogP contribution in [0.25, 0.3) is 0 Å². The lowest BCUT2D eigenvalue weighted by Crippen LogP contribution is -2.16. The van der Waals surface area contributed by atoms with Crippen molar-refractivity contribution in [1.82, 2.24) is 15.3 Å². The molecule has 1 fully saturated rings. The van der Waals surface area contributed by atoms with Crippen molar-refractivity contribution in [2.75, 3.05) is 19.7 Å². The van der Waals surface area contributed by atoms with Gasteiger partial charge in [-0.2, -0.15) is 4.98 Å². The van der Waals surface area contributed by atoms with Crippen molar-refractivity contribution in [2.24, 2.45) is 5.73 Å². The third kappa shape index (κ3) is 1.89. The Labute approximate surface area is 101 Å². The van der Waals surface area contributed by atoms with Gasteiger partial charge < -0.3 is 15.8 Å². The summed E-state index contributed by atoms with van der Waals surface area (Å²) >= 11 is 0. The Morgan fingerprint density at radius 1 is 1.47 bits per heavy atom. The van der Waals surface area contributed by atoms with Gasteiger partial charge in [-0.25, -0.2) is 4.98 Å². The summed E-state index contributed by atoms with van der Waals surface area (Å²) in [4.78, 5) is 9.08. The molecule has 17 heavy (non-hydrogen) atoms. The Morgan fingerprint density at radius 2 is 2.35 bits per heavy atom. The molecule has 3 rings (SSSR count). The van der Waals surface area contributed by atoms with Gasteiger partial charge in [0.05, 0.1) is 18.3 Å². The zero-order valence-electron chi connectivity index (χ0n) is 10.1. The van der Waals surface area contributed by atoms with E-state index in [1.807, 2.05) is 6.92 Å². The second kappa shape index (κ2) is 4.23. The zero-order chi connectivity index (χ0) is 11.8. The molecule has 5 heteroatoms. The fourth-order valence-corrected chi connectivity index (χ4v) is 2.53. The molecule has 1 aromatic rings. The molecule has 0 aliphatic carbocycles. The van der Waals surface area contributed by atoms with E-state index in [-0.39, 0.29) is 6.04 Å². The topological polar surface area (TPSA) is 73.1 Å². The maximum Gasteiger partial charge on any atom is 0.220 e. The van der Waals surface area contributed by atoms with Crippen LogP contribution in [0, 0.1) is 0 Å². The summed E-state index contributed by atoms with van der Waals surface area (Å²) in [5, 5.41) is 3.38. The maximum absolute atomic E-state index is 5.88. The Bertz CT molecular complexity index is 427. The molecule has 2 atom stereocenters. The highest BCUT2D eigenvalue weighted by Gasteiger charge is 2.28. The average Bonchev–Trinajstić information content (AvgIpc) is 2.98. The van der Waals surface area contributed by atoms with Crippen molar-refractivity contribution >= 4 is 0 Å². The van der Waals surface area contributed by atoms with Crippen LogP contribution in [0.1, 0.15) is 42.4 Å². The Balaban J connectivity index is 2.05. The molecule has 92 valence electrons. The average molecular weight is 234 g/mol. The molecule has 0 aromatic carbocycles. The van der Waals surface area contributed by atoms with E-state index in [0.29, 0.717) is 11.7 Å². The van der Waals surface area contributed by atoms with Gasteiger partial charge in [-0.3, -0.25) is 0 Å². The quantitative estimate of drug-likeness (QED) is 0.780. The Hall–Kier alpha value is -1.20. The molecule has 5 nitrogen and oxygen atoms in total. The van der Waals surface area contributed by atoms with Crippen LogP contribution in [0.3, 0.4) is 0 Å². The normalized spacial score (nSPS) is 24.5. The summed E-state index contributed by atoms with van der Waals surface area (Å²) in [5.41, 5.74) is 8.23. The fraction of sp³-hybridized carbons (Fsp3) is 0.667. The number of hydrogen-bond acceptors (Lipinski definition) is 5. The minimum atomic E-state index is -0.141. The predicted molar refractivity (Wildman–Crippen MR) is 64.1 cm³/mol. The minimum absolute atomic E-state index is 0.141. The molecule has 2 aliphatic rings. The third-order valence-corrected chi connectivity index (χ3v) is 3.46. The molecule has 0 saturated carbocycles. The highest BCUT2D eigenvalue weighted by Crippen LogP contribution is 2.33. The third-order valence-electron chi connectivity index (χ3n) is 3.46. The first-order valence-corrected chi connectivity index (χ1v) is 6.25. The van der Waals surface area contributed by atoms with Gasteiger partial charge in [0.2, 0.25) is 5.88 Å². The van der Waals surface area contributed by atoms with Crippen molar-refractivity contribution < 1.29 is 4.74 Å². The van der Waals surface area contributed by atoms with Gasteiger partial charge in [-0.05, 0) is 19.9 Å². The lowest BCUT2D eigenvalue weighted by Gasteiger charge is -2.14. The zero-order valence-corrected chi connectivity index (χ0v) is 10.1. The van der Waals surface area contributed by atoms with Crippen LogP contribution in [-0.4, -0.2) is 29.7 Å². The van der Waals surface area contributed by atoms with E-state index in [1.165, 1.54) is 5.56 Å². The largest absolute Gasteiger partial charge is 0.477 e. The highest BCUT2D eigenvalue weighted by atomic mass is 16.5. The second-order valence-electron chi connectivity index (χ2n) is 4.83. The van der Waals surface area contributed by atoms with Gasteiger partial charge in [0.25, 0.3) is 0 Å². The van der Waals surface area contributed by atoms with Crippen LogP contribution >= 0.6 is 0 Å². The van der Waals surface area contributed by atoms with E-state index >= 15 is 0 Å². The minimum Gasteiger partial charge on any atom is -0.477 e. The molecule has 1 saturated heterocycles.